The van der Waals surface area contributed by atoms with Crippen LogP contribution in [0.5, 0.6) is 23.0 Å². The smallest absolute Gasteiger partial charge is 0.303 e. The van der Waals surface area contributed by atoms with Gasteiger partial charge in [0.25, 0.3) is 0 Å². The standard InChI is InChI=1S/C23H27N5O7/c1-32-18-7-5-13(9-16(18)26-23(31)15(24)6-8-21(29)30)17-12-25-27-28(17)14-10-19(33-2)22(35-4)20(11-14)34-3/h5,7,9-12,15H,6,8,24H2,1-4H3,(H,26,31)(H,29,30). The number of carboxylic acid groups (broad SMARTS) is 1. The second-order valence-electron chi connectivity index (χ2n) is 7.36. The normalized spacial score (nSPS) is 11.5. The van der Waals surface area contributed by atoms with E-state index in [1.54, 1.807) is 41.2 Å². The van der Waals surface area contributed by atoms with E-state index in [4.69, 9.17) is 29.8 Å². The Bertz CT molecular complexity index is 1190. The van der Waals surface area contributed by atoms with Crippen LogP contribution in [-0.4, -0.2) is 66.5 Å². The number of benzene rings is 2. The molecule has 0 aliphatic rings. The van der Waals surface area contributed by atoms with Crippen LogP contribution in [-0.2, 0) is 9.59 Å². The Morgan fingerprint density at radius 2 is 1.69 bits per heavy atom. The molecule has 12 heteroatoms. The summed E-state index contributed by atoms with van der Waals surface area (Å²) in [5, 5.41) is 19.8. The van der Waals surface area contributed by atoms with E-state index >= 15 is 0 Å². The van der Waals surface area contributed by atoms with Crippen LogP contribution in [0.4, 0.5) is 5.69 Å². The Hall–Kier alpha value is -4.32. The molecule has 4 N–H and O–H groups in total. The van der Waals surface area contributed by atoms with Crippen LogP contribution >= 0.6 is 0 Å². The fraction of sp³-hybridized carbons (Fsp3) is 0.304. The minimum absolute atomic E-state index is 0.000991. The van der Waals surface area contributed by atoms with Crippen molar-refractivity contribution in [1.29, 1.82) is 0 Å². The van der Waals surface area contributed by atoms with E-state index in [-0.39, 0.29) is 12.8 Å². The minimum atomic E-state index is -1.03. The summed E-state index contributed by atoms with van der Waals surface area (Å²) in [6.07, 6.45) is 1.35. The number of anilines is 1. The number of methoxy groups -OCH3 is 4. The third-order valence-electron chi connectivity index (χ3n) is 5.20. The third kappa shape index (κ3) is 5.61. The Labute approximate surface area is 201 Å². The fourth-order valence-corrected chi connectivity index (χ4v) is 3.41. The maximum Gasteiger partial charge on any atom is 0.303 e. The van der Waals surface area contributed by atoms with E-state index in [2.05, 4.69) is 15.6 Å². The highest BCUT2D eigenvalue weighted by atomic mass is 16.5. The summed E-state index contributed by atoms with van der Waals surface area (Å²) >= 11 is 0. The molecule has 1 aromatic heterocycles. The van der Waals surface area contributed by atoms with Gasteiger partial charge in [0.2, 0.25) is 11.7 Å². The van der Waals surface area contributed by atoms with Gasteiger partial charge in [0.05, 0.1) is 57.7 Å². The highest BCUT2D eigenvalue weighted by Gasteiger charge is 2.20. The highest BCUT2D eigenvalue weighted by Crippen LogP contribution is 2.40. The van der Waals surface area contributed by atoms with Crippen molar-refractivity contribution < 1.29 is 33.6 Å². The molecule has 1 unspecified atom stereocenters. The summed E-state index contributed by atoms with van der Waals surface area (Å²) in [5.74, 6) is 0.175. The predicted octanol–water partition coefficient (Wildman–Crippen LogP) is 2.10. The first-order chi connectivity index (χ1) is 16.8. The quantitative estimate of drug-likeness (QED) is 0.367. The zero-order valence-electron chi connectivity index (χ0n) is 19.8. The third-order valence-corrected chi connectivity index (χ3v) is 5.20. The summed E-state index contributed by atoms with van der Waals surface area (Å²) in [6.45, 7) is 0. The van der Waals surface area contributed by atoms with Gasteiger partial charge in [-0.15, -0.1) is 5.10 Å². The van der Waals surface area contributed by atoms with Gasteiger partial charge in [-0.2, -0.15) is 0 Å². The zero-order chi connectivity index (χ0) is 25.5. The van der Waals surface area contributed by atoms with Crippen molar-refractivity contribution in [3.05, 3.63) is 36.5 Å². The first-order valence-electron chi connectivity index (χ1n) is 10.5. The number of carboxylic acids is 1. The first kappa shape index (κ1) is 25.3. The molecule has 0 radical (unpaired) electrons. The minimum Gasteiger partial charge on any atom is -0.495 e. The molecular formula is C23H27N5O7. The van der Waals surface area contributed by atoms with E-state index < -0.39 is 17.9 Å². The Morgan fingerprint density at radius 1 is 1.03 bits per heavy atom. The molecule has 12 nitrogen and oxygen atoms in total. The van der Waals surface area contributed by atoms with Crippen molar-refractivity contribution in [3.8, 4) is 39.9 Å². The molecule has 0 aliphatic heterocycles. The topological polar surface area (TPSA) is 160 Å². The van der Waals surface area contributed by atoms with Gasteiger partial charge in [-0.1, -0.05) is 5.21 Å². The Morgan fingerprint density at radius 3 is 2.26 bits per heavy atom. The van der Waals surface area contributed by atoms with E-state index in [0.29, 0.717) is 45.6 Å². The lowest BCUT2D eigenvalue weighted by Crippen LogP contribution is -2.36. The van der Waals surface area contributed by atoms with Crippen LogP contribution in [0, 0.1) is 0 Å². The summed E-state index contributed by atoms with van der Waals surface area (Å²) in [4.78, 5) is 23.3. The molecule has 0 saturated carbocycles. The molecule has 2 aromatic carbocycles. The number of hydrogen-bond acceptors (Lipinski definition) is 9. The number of carbonyl (C=O) groups excluding carboxylic acids is 1. The molecule has 0 fully saturated rings. The predicted molar refractivity (Wildman–Crippen MR) is 126 cm³/mol. The van der Waals surface area contributed by atoms with Crippen LogP contribution in [0.15, 0.2) is 36.5 Å². The molecule has 0 spiro atoms. The lowest BCUT2D eigenvalue weighted by Gasteiger charge is -2.16. The molecule has 0 bridgehead atoms. The number of carbonyl (C=O) groups is 2. The van der Waals surface area contributed by atoms with Gasteiger partial charge in [0.15, 0.2) is 11.5 Å². The largest absolute Gasteiger partial charge is 0.495 e. The molecule has 1 heterocycles. The summed E-state index contributed by atoms with van der Waals surface area (Å²) in [5.41, 5.74) is 8.07. The number of amides is 1. The van der Waals surface area contributed by atoms with Crippen LogP contribution in [0.3, 0.4) is 0 Å². The monoisotopic (exact) mass is 485 g/mol. The first-order valence-corrected chi connectivity index (χ1v) is 10.5. The van der Waals surface area contributed by atoms with Crippen LogP contribution in [0.2, 0.25) is 0 Å². The van der Waals surface area contributed by atoms with Gasteiger partial charge >= 0.3 is 5.97 Å². The average Bonchev–Trinajstić information content (AvgIpc) is 3.36. The second kappa shape index (κ2) is 11.2. The van der Waals surface area contributed by atoms with Gasteiger partial charge in [0.1, 0.15) is 5.75 Å². The number of aromatic nitrogens is 3. The lowest BCUT2D eigenvalue weighted by atomic mass is 10.1. The lowest BCUT2D eigenvalue weighted by molar-refractivity contribution is -0.137. The summed E-state index contributed by atoms with van der Waals surface area (Å²) in [7, 11) is 6.02. The summed E-state index contributed by atoms with van der Waals surface area (Å²) < 4.78 is 23.2. The highest BCUT2D eigenvalue weighted by molar-refractivity contribution is 5.96. The SMILES string of the molecule is COc1ccc(-c2cnnn2-c2cc(OC)c(OC)c(OC)c2)cc1NC(=O)C(N)CCC(=O)O. The van der Waals surface area contributed by atoms with Crippen LogP contribution in [0.1, 0.15) is 12.8 Å². The fourth-order valence-electron chi connectivity index (χ4n) is 3.41. The number of rotatable bonds is 11. The second-order valence-corrected chi connectivity index (χ2v) is 7.36. The molecule has 186 valence electrons. The van der Waals surface area contributed by atoms with E-state index in [0.717, 1.165) is 0 Å². The van der Waals surface area contributed by atoms with Gasteiger partial charge < -0.3 is 35.1 Å². The van der Waals surface area contributed by atoms with Gasteiger partial charge in [-0.3, -0.25) is 9.59 Å². The molecule has 1 atom stereocenters. The van der Waals surface area contributed by atoms with Crippen LogP contribution < -0.4 is 30.0 Å². The molecule has 3 aromatic rings. The zero-order valence-corrected chi connectivity index (χ0v) is 19.8. The molecule has 3 rings (SSSR count). The van der Waals surface area contributed by atoms with Crippen molar-refractivity contribution in [2.45, 2.75) is 18.9 Å². The summed E-state index contributed by atoms with van der Waals surface area (Å²) in [6, 6.07) is 7.62. The van der Waals surface area contributed by atoms with Crippen molar-refractivity contribution in [3.63, 3.8) is 0 Å². The number of aliphatic carboxylic acids is 1. The van der Waals surface area contributed by atoms with E-state index in [1.165, 1.54) is 28.4 Å². The molecule has 1 amide bonds. The van der Waals surface area contributed by atoms with Crippen molar-refractivity contribution in [2.24, 2.45) is 5.73 Å². The number of nitrogens with zero attached hydrogens (tertiary/aromatic N) is 3. The van der Waals surface area contributed by atoms with Gasteiger partial charge in [0, 0.05) is 24.1 Å². The maximum absolute atomic E-state index is 12.5. The Balaban J connectivity index is 1.98. The van der Waals surface area contributed by atoms with E-state index in [1.807, 2.05) is 0 Å². The molecule has 0 aliphatic carbocycles. The molecule has 0 saturated heterocycles. The molecular weight excluding hydrogens is 458 g/mol. The van der Waals surface area contributed by atoms with E-state index in [9.17, 15) is 9.59 Å². The number of nitrogens with one attached hydrogen (secondary N) is 1. The number of ether oxygens (including phenoxy) is 4. The van der Waals surface area contributed by atoms with Crippen LogP contribution in [0.25, 0.3) is 16.9 Å². The number of hydrogen-bond donors (Lipinski definition) is 3. The maximum atomic E-state index is 12.5. The van der Waals surface area contributed by atoms with Gasteiger partial charge in [-0.25, -0.2) is 4.68 Å². The van der Waals surface area contributed by atoms with Crippen molar-refractivity contribution in [2.75, 3.05) is 33.8 Å². The Kier molecular flexibility index (Phi) is 8.10. The molecule has 35 heavy (non-hydrogen) atoms. The number of nitrogens with two attached hydrogens (primary N) is 1. The average molecular weight is 485 g/mol. The van der Waals surface area contributed by atoms with Crippen molar-refractivity contribution >= 4 is 17.6 Å². The van der Waals surface area contributed by atoms with Gasteiger partial charge in [-0.05, 0) is 24.6 Å². The van der Waals surface area contributed by atoms with Crippen molar-refractivity contribution in [1.82, 2.24) is 15.0 Å².